The van der Waals surface area contributed by atoms with Crippen molar-refractivity contribution in [1.29, 1.82) is 0 Å². The number of carboxylic acids is 1. The van der Waals surface area contributed by atoms with Gasteiger partial charge in [0.1, 0.15) is 0 Å². The number of benzene rings is 1. The molecule has 17 heavy (non-hydrogen) atoms. The second kappa shape index (κ2) is 4.97. The monoisotopic (exact) mass is 247 g/mol. The molecule has 1 aromatic carbocycles. The summed E-state index contributed by atoms with van der Waals surface area (Å²) in [5.74, 6) is -0.893. The summed E-state index contributed by atoms with van der Waals surface area (Å²) >= 11 is 5.95. The van der Waals surface area contributed by atoms with E-state index in [1.165, 1.54) is 0 Å². The number of nitrogens with zero attached hydrogens (tertiary/aromatic N) is 1. The van der Waals surface area contributed by atoms with Crippen LogP contribution in [0.3, 0.4) is 0 Å². The van der Waals surface area contributed by atoms with Crippen molar-refractivity contribution in [3.05, 3.63) is 53.3 Å². The van der Waals surface area contributed by atoms with Gasteiger partial charge in [0.25, 0.3) is 0 Å². The van der Waals surface area contributed by atoms with Crippen molar-refractivity contribution in [3.63, 3.8) is 0 Å². The van der Waals surface area contributed by atoms with Crippen LogP contribution >= 0.6 is 11.6 Å². The van der Waals surface area contributed by atoms with Crippen molar-refractivity contribution in [2.45, 2.75) is 6.42 Å². The average Bonchev–Trinajstić information content (AvgIpc) is 2.32. The van der Waals surface area contributed by atoms with E-state index in [0.29, 0.717) is 10.6 Å². The third kappa shape index (κ3) is 2.82. The van der Waals surface area contributed by atoms with Crippen LogP contribution in [0.2, 0.25) is 5.02 Å². The molecule has 4 heteroatoms. The number of halogens is 1. The second-order valence-corrected chi connectivity index (χ2v) is 4.03. The molecule has 0 atom stereocenters. The van der Waals surface area contributed by atoms with E-state index in [1.54, 1.807) is 24.5 Å². The Morgan fingerprint density at radius 3 is 2.76 bits per heavy atom. The molecule has 0 aliphatic heterocycles. The number of aliphatic carboxylic acids is 1. The Kier molecular flexibility index (Phi) is 3.40. The lowest BCUT2D eigenvalue weighted by atomic mass is 10.0. The molecule has 86 valence electrons. The van der Waals surface area contributed by atoms with Crippen LogP contribution in [0.1, 0.15) is 5.56 Å². The van der Waals surface area contributed by atoms with Gasteiger partial charge in [-0.15, -0.1) is 0 Å². The van der Waals surface area contributed by atoms with Crippen molar-refractivity contribution in [3.8, 4) is 11.1 Å². The van der Waals surface area contributed by atoms with Gasteiger partial charge in [0.05, 0.1) is 6.42 Å². The maximum atomic E-state index is 10.7. The summed E-state index contributed by atoms with van der Waals surface area (Å²) in [7, 11) is 0. The Morgan fingerprint density at radius 2 is 2.12 bits per heavy atom. The molecule has 0 spiro atoms. The van der Waals surface area contributed by atoms with Crippen LogP contribution < -0.4 is 0 Å². The van der Waals surface area contributed by atoms with Gasteiger partial charge in [-0.25, -0.2) is 0 Å². The standard InChI is InChI=1S/C13H10ClNO2/c14-12-4-3-9(6-11(12)7-13(16)17)10-2-1-5-15-8-10/h1-6,8H,7H2,(H,16,17). The fourth-order valence-electron chi connectivity index (χ4n) is 1.59. The summed E-state index contributed by atoms with van der Waals surface area (Å²) in [5.41, 5.74) is 2.47. The van der Waals surface area contributed by atoms with Crippen molar-refractivity contribution >= 4 is 17.6 Å². The Balaban J connectivity index is 2.41. The number of carbonyl (C=O) groups is 1. The van der Waals surface area contributed by atoms with Gasteiger partial charge >= 0.3 is 5.97 Å². The van der Waals surface area contributed by atoms with Crippen LogP contribution in [0.4, 0.5) is 0 Å². The van der Waals surface area contributed by atoms with Crippen LogP contribution in [0, 0.1) is 0 Å². The summed E-state index contributed by atoms with van der Waals surface area (Å²) in [6.45, 7) is 0. The Morgan fingerprint density at radius 1 is 1.29 bits per heavy atom. The first kappa shape index (κ1) is 11.6. The van der Waals surface area contributed by atoms with E-state index in [1.807, 2.05) is 18.2 Å². The SMILES string of the molecule is O=C(O)Cc1cc(-c2cccnc2)ccc1Cl. The highest BCUT2D eigenvalue weighted by Gasteiger charge is 2.07. The first-order valence-electron chi connectivity index (χ1n) is 5.07. The molecule has 0 amide bonds. The van der Waals surface area contributed by atoms with Gasteiger partial charge in [0.15, 0.2) is 0 Å². The summed E-state index contributed by atoms with van der Waals surface area (Å²) in [6.07, 6.45) is 3.35. The van der Waals surface area contributed by atoms with Crippen molar-refractivity contribution in [2.75, 3.05) is 0 Å². The fourth-order valence-corrected chi connectivity index (χ4v) is 1.77. The zero-order valence-electron chi connectivity index (χ0n) is 8.93. The molecule has 0 bridgehead atoms. The molecule has 1 heterocycles. The minimum Gasteiger partial charge on any atom is -0.481 e. The predicted molar refractivity (Wildman–Crippen MR) is 66.0 cm³/mol. The molecule has 0 saturated carbocycles. The van der Waals surface area contributed by atoms with E-state index in [2.05, 4.69) is 4.98 Å². The summed E-state index contributed by atoms with van der Waals surface area (Å²) in [5, 5.41) is 9.25. The fraction of sp³-hybridized carbons (Fsp3) is 0.0769. The molecular weight excluding hydrogens is 238 g/mol. The van der Waals surface area contributed by atoms with Crippen molar-refractivity contribution in [1.82, 2.24) is 4.98 Å². The Bertz CT molecular complexity index is 540. The number of aromatic nitrogens is 1. The zero-order chi connectivity index (χ0) is 12.3. The van der Waals surface area contributed by atoms with Crippen molar-refractivity contribution in [2.24, 2.45) is 0 Å². The lowest BCUT2D eigenvalue weighted by Gasteiger charge is -2.05. The van der Waals surface area contributed by atoms with Gasteiger partial charge in [0, 0.05) is 17.4 Å². The van der Waals surface area contributed by atoms with Gasteiger partial charge in [-0.1, -0.05) is 23.7 Å². The maximum absolute atomic E-state index is 10.7. The number of rotatable bonds is 3. The molecular formula is C13H10ClNO2. The molecule has 0 aliphatic rings. The molecule has 0 aliphatic carbocycles. The van der Waals surface area contributed by atoms with Gasteiger partial charge in [0.2, 0.25) is 0 Å². The third-order valence-electron chi connectivity index (χ3n) is 2.38. The summed E-state index contributed by atoms with van der Waals surface area (Å²) < 4.78 is 0. The topological polar surface area (TPSA) is 50.2 Å². The number of pyridine rings is 1. The smallest absolute Gasteiger partial charge is 0.307 e. The first-order valence-corrected chi connectivity index (χ1v) is 5.45. The van der Waals surface area contributed by atoms with E-state index in [-0.39, 0.29) is 6.42 Å². The van der Waals surface area contributed by atoms with E-state index in [9.17, 15) is 4.79 Å². The first-order chi connectivity index (χ1) is 8.16. The second-order valence-electron chi connectivity index (χ2n) is 3.62. The van der Waals surface area contributed by atoms with Gasteiger partial charge in [-0.05, 0) is 34.9 Å². The largest absolute Gasteiger partial charge is 0.481 e. The molecule has 1 aromatic heterocycles. The molecule has 3 nitrogen and oxygen atoms in total. The molecule has 0 unspecified atom stereocenters. The molecule has 0 saturated heterocycles. The number of carboxylic acid groups (broad SMARTS) is 1. The minimum atomic E-state index is -0.893. The van der Waals surface area contributed by atoms with Gasteiger partial charge in [-0.3, -0.25) is 9.78 Å². The lowest BCUT2D eigenvalue weighted by Crippen LogP contribution is -2.00. The van der Waals surface area contributed by atoms with E-state index >= 15 is 0 Å². The molecule has 0 radical (unpaired) electrons. The molecule has 2 rings (SSSR count). The Labute approximate surface area is 104 Å². The number of hydrogen-bond donors (Lipinski definition) is 1. The maximum Gasteiger partial charge on any atom is 0.307 e. The minimum absolute atomic E-state index is 0.0765. The highest BCUT2D eigenvalue weighted by Crippen LogP contribution is 2.25. The number of hydrogen-bond acceptors (Lipinski definition) is 2. The van der Waals surface area contributed by atoms with Crippen LogP contribution in [0.5, 0.6) is 0 Å². The van der Waals surface area contributed by atoms with E-state index < -0.39 is 5.97 Å². The quantitative estimate of drug-likeness (QED) is 0.907. The predicted octanol–water partition coefficient (Wildman–Crippen LogP) is 3.03. The Hall–Kier alpha value is -1.87. The average molecular weight is 248 g/mol. The molecule has 2 aromatic rings. The molecule has 0 fully saturated rings. The highest BCUT2D eigenvalue weighted by molar-refractivity contribution is 6.31. The molecule has 1 N–H and O–H groups in total. The van der Waals surface area contributed by atoms with Crippen molar-refractivity contribution < 1.29 is 9.90 Å². The summed E-state index contributed by atoms with van der Waals surface area (Å²) in [6, 6.07) is 9.10. The van der Waals surface area contributed by atoms with Crippen LogP contribution in [0.15, 0.2) is 42.7 Å². The van der Waals surface area contributed by atoms with Gasteiger partial charge in [-0.2, -0.15) is 0 Å². The lowest BCUT2D eigenvalue weighted by molar-refractivity contribution is -0.136. The van der Waals surface area contributed by atoms with Crippen LogP contribution in [-0.2, 0) is 11.2 Å². The normalized spacial score (nSPS) is 10.2. The van der Waals surface area contributed by atoms with Crippen LogP contribution in [0.25, 0.3) is 11.1 Å². The third-order valence-corrected chi connectivity index (χ3v) is 2.75. The van der Waals surface area contributed by atoms with E-state index in [4.69, 9.17) is 16.7 Å². The summed E-state index contributed by atoms with van der Waals surface area (Å²) in [4.78, 5) is 14.7. The highest BCUT2D eigenvalue weighted by atomic mass is 35.5. The van der Waals surface area contributed by atoms with Crippen LogP contribution in [-0.4, -0.2) is 16.1 Å². The zero-order valence-corrected chi connectivity index (χ0v) is 9.69. The van der Waals surface area contributed by atoms with Gasteiger partial charge < -0.3 is 5.11 Å². The van der Waals surface area contributed by atoms with E-state index in [0.717, 1.165) is 11.1 Å².